The predicted molar refractivity (Wildman–Crippen MR) is 119 cm³/mol. The molecule has 0 saturated carbocycles. The van der Waals surface area contributed by atoms with Crippen LogP contribution in [0.3, 0.4) is 0 Å². The van der Waals surface area contributed by atoms with Crippen LogP contribution >= 0.6 is 15.9 Å². The zero-order chi connectivity index (χ0) is 21.9. The minimum Gasteiger partial charge on any atom is -0.487 e. The third kappa shape index (κ3) is 5.55. The number of aliphatic hydroxyl groups is 1. The van der Waals surface area contributed by atoms with Gasteiger partial charge in [-0.3, -0.25) is 0 Å². The molecule has 3 atom stereocenters. The van der Waals surface area contributed by atoms with E-state index in [4.69, 9.17) is 9.47 Å². The normalized spacial score (nSPS) is 26.5. The molecule has 0 radical (unpaired) electrons. The summed E-state index contributed by atoms with van der Waals surface area (Å²) in [7, 11) is -1.68. The summed E-state index contributed by atoms with van der Waals surface area (Å²) < 4.78 is 40.6. The van der Waals surface area contributed by atoms with Gasteiger partial charge in [0.05, 0.1) is 6.61 Å². The van der Waals surface area contributed by atoms with E-state index in [0.29, 0.717) is 24.8 Å². The van der Waals surface area contributed by atoms with Crippen molar-refractivity contribution in [2.75, 3.05) is 46.5 Å². The van der Waals surface area contributed by atoms with Crippen LogP contribution < -0.4 is 4.74 Å². The third-order valence-corrected chi connectivity index (χ3v) is 8.54. The van der Waals surface area contributed by atoms with Crippen molar-refractivity contribution in [3.63, 3.8) is 0 Å². The largest absolute Gasteiger partial charge is 0.487 e. The van der Waals surface area contributed by atoms with Gasteiger partial charge >= 0.3 is 0 Å². The molecule has 2 aliphatic rings. The van der Waals surface area contributed by atoms with Gasteiger partial charge in [-0.25, -0.2) is 8.42 Å². The van der Waals surface area contributed by atoms with E-state index < -0.39 is 16.1 Å². The van der Waals surface area contributed by atoms with Gasteiger partial charge in [-0.15, -0.1) is 0 Å². The van der Waals surface area contributed by atoms with E-state index in [1.807, 2.05) is 6.92 Å². The lowest BCUT2D eigenvalue weighted by Gasteiger charge is -2.38. The van der Waals surface area contributed by atoms with Crippen molar-refractivity contribution < 1.29 is 23.0 Å². The number of aliphatic hydroxyl groups excluding tert-OH is 1. The summed E-state index contributed by atoms with van der Waals surface area (Å²) >= 11 is 3.43. The Kier molecular flexibility index (Phi) is 8.20. The number of hydrogen-bond donors (Lipinski definition) is 1. The molecule has 0 spiro atoms. The van der Waals surface area contributed by atoms with E-state index in [1.54, 1.807) is 25.1 Å². The maximum absolute atomic E-state index is 13.3. The summed E-state index contributed by atoms with van der Waals surface area (Å²) in [5, 5.41) is 9.69. The van der Waals surface area contributed by atoms with Crippen LogP contribution in [0, 0.1) is 11.8 Å². The van der Waals surface area contributed by atoms with Gasteiger partial charge in [-0.2, -0.15) is 4.31 Å². The fourth-order valence-electron chi connectivity index (χ4n) is 4.17. The van der Waals surface area contributed by atoms with E-state index >= 15 is 0 Å². The van der Waals surface area contributed by atoms with Crippen LogP contribution in [0.5, 0.6) is 5.75 Å². The Morgan fingerprint density at radius 3 is 2.67 bits per heavy atom. The highest BCUT2D eigenvalue weighted by Gasteiger charge is 2.38. The van der Waals surface area contributed by atoms with E-state index in [1.165, 1.54) is 4.31 Å². The highest BCUT2D eigenvalue weighted by molar-refractivity contribution is 9.10. The zero-order valence-electron chi connectivity index (χ0n) is 18.0. The number of hydrogen-bond acceptors (Lipinski definition) is 6. The molecular formula is C21H33BrN2O5S. The molecule has 2 aliphatic heterocycles. The van der Waals surface area contributed by atoms with Gasteiger partial charge in [0.25, 0.3) is 0 Å². The highest BCUT2D eigenvalue weighted by Crippen LogP contribution is 2.35. The first kappa shape index (κ1) is 23.9. The van der Waals surface area contributed by atoms with Crippen LogP contribution in [0.25, 0.3) is 0 Å². The Hall–Kier alpha value is -0.710. The van der Waals surface area contributed by atoms with Gasteiger partial charge < -0.3 is 19.5 Å². The molecule has 2 heterocycles. The first-order valence-corrected chi connectivity index (χ1v) is 12.8. The summed E-state index contributed by atoms with van der Waals surface area (Å²) in [4.78, 5) is 2.43. The number of rotatable bonds is 6. The summed E-state index contributed by atoms with van der Waals surface area (Å²) in [6, 6.07) is 4.49. The predicted octanol–water partition coefficient (Wildman–Crippen LogP) is 2.58. The Balaban J connectivity index is 1.86. The van der Waals surface area contributed by atoms with Crippen molar-refractivity contribution in [1.29, 1.82) is 0 Å². The third-order valence-electron chi connectivity index (χ3n) is 6.03. The minimum absolute atomic E-state index is 0.0435. The van der Waals surface area contributed by atoms with Crippen LogP contribution in [0.15, 0.2) is 27.6 Å². The molecule has 0 amide bonds. The molecule has 30 heavy (non-hydrogen) atoms. The van der Waals surface area contributed by atoms with E-state index in [0.717, 1.165) is 37.1 Å². The lowest BCUT2D eigenvalue weighted by atomic mass is 9.98. The highest BCUT2D eigenvalue weighted by atomic mass is 79.9. The molecule has 9 heteroatoms. The lowest BCUT2D eigenvalue weighted by molar-refractivity contribution is 0.0402. The zero-order valence-corrected chi connectivity index (χ0v) is 20.4. The second kappa shape index (κ2) is 10.3. The van der Waals surface area contributed by atoms with Gasteiger partial charge in [-0.1, -0.05) is 22.9 Å². The Morgan fingerprint density at radius 2 is 2.00 bits per heavy atom. The monoisotopic (exact) mass is 504 g/mol. The second-order valence-corrected chi connectivity index (χ2v) is 11.4. The molecule has 3 rings (SSSR count). The summed E-state index contributed by atoms with van der Waals surface area (Å²) in [5.41, 5.74) is 0. The molecule has 1 fully saturated rings. The number of ether oxygens (including phenoxy) is 2. The number of sulfonamides is 1. The molecule has 1 saturated heterocycles. The summed E-state index contributed by atoms with van der Waals surface area (Å²) in [6.45, 7) is 7.13. The van der Waals surface area contributed by atoms with Gasteiger partial charge in [0.1, 0.15) is 16.7 Å². The number of fused-ring (bicyclic) bond motifs is 1. The van der Waals surface area contributed by atoms with Gasteiger partial charge in [0, 0.05) is 49.3 Å². The van der Waals surface area contributed by atoms with Crippen LogP contribution in [-0.2, 0) is 14.8 Å². The number of likely N-dealkylation sites (N-methyl/N-ethyl adjacent to an activating group) is 1. The maximum atomic E-state index is 13.3. The topological polar surface area (TPSA) is 79.3 Å². The SMILES string of the molecule is C[C@@H]1CN([C@H](C)CO)S(=O)(=O)c2ccc(Br)cc2O[C@H]1CN(C)CC1CCOCC1. The Morgan fingerprint density at radius 1 is 1.30 bits per heavy atom. The first-order chi connectivity index (χ1) is 14.2. The van der Waals surface area contributed by atoms with Crippen molar-refractivity contribution in [1.82, 2.24) is 9.21 Å². The first-order valence-electron chi connectivity index (χ1n) is 10.6. The smallest absolute Gasteiger partial charge is 0.247 e. The van der Waals surface area contributed by atoms with Crippen LogP contribution in [-0.4, -0.2) is 81.4 Å². The Bertz CT molecular complexity index is 816. The number of halogens is 1. The van der Waals surface area contributed by atoms with E-state index in [9.17, 15) is 13.5 Å². The van der Waals surface area contributed by atoms with Crippen molar-refractivity contribution in [3.05, 3.63) is 22.7 Å². The average molecular weight is 505 g/mol. The molecule has 1 aromatic carbocycles. The van der Waals surface area contributed by atoms with E-state index in [2.05, 4.69) is 27.9 Å². The van der Waals surface area contributed by atoms with E-state index in [-0.39, 0.29) is 23.5 Å². The molecule has 0 unspecified atom stereocenters. The molecule has 0 aliphatic carbocycles. The average Bonchev–Trinajstić information content (AvgIpc) is 2.70. The Labute approximate surface area is 188 Å². The number of benzene rings is 1. The molecule has 0 bridgehead atoms. The van der Waals surface area contributed by atoms with Gasteiger partial charge in [0.2, 0.25) is 10.0 Å². The summed E-state index contributed by atoms with van der Waals surface area (Å²) in [5.74, 6) is 0.925. The molecule has 1 N–H and O–H groups in total. The summed E-state index contributed by atoms with van der Waals surface area (Å²) in [6.07, 6.45) is 1.97. The molecular weight excluding hydrogens is 472 g/mol. The standard InChI is InChI=1S/C21H33BrN2O5S/c1-15-11-24(16(2)14-25)30(26,27)21-5-4-18(22)10-19(21)29-20(15)13-23(3)12-17-6-8-28-9-7-17/h4-5,10,15-17,20,25H,6-9,11-14H2,1-3H3/t15-,16-,20+/m1/s1. The van der Waals surface area contributed by atoms with Crippen LogP contribution in [0.2, 0.25) is 0 Å². The van der Waals surface area contributed by atoms with Gasteiger partial charge in [-0.05, 0) is 50.9 Å². The second-order valence-electron chi connectivity index (χ2n) is 8.61. The van der Waals surface area contributed by atoms with Crippen molar-refractivity contribution >= 4 is 26.0 Å². The van der Waals surface area contributed by atoms with Crippen LogP contribution in [0.4, 0.5) is 0 Å². The van der Waals surface area contributed by atoms with Crippen molar-refractivity contribution in [2.45, 2.75) is 43.7 Å². The van der Waals surface area contributed by atoms with Crippen LogP contribution in [0.1, 0.15) is 26.7 Å². The number of nitrogens with zero attached hydrogens (tertiary/aromatic N) is 2. The van der Waals surface area contributed by atoms with Crippen molar-refractivity contribution in [2.24, 2.45) is 11.8 Å². The molecule has 1 aromatic rings. The fraction of sp³-hybridized carbons (Fsp3) is 0.714. The van der Waals surface area contributed by atoms with Gasteiger partial charge in [0.15, 0.2) is 0 Å². The minimum atomic E-state index is -3.78. The van der Waals surface area contributed by atoms with Crippen molar-refractivity contribution in [3.8, 4) is 5.75 Å². The fourth-order valence-corrected chi connectivity index (χ4v) is 6.33. The molecule has 0 aromatic heterocycles. The quantitative estimate of drug-likeness (QED) is 0.641. The molecule has 7 nitrogen and oxygen atoms in total. The maximum Gasteiger partial charge on any atom is 0.247 e. The molecule has 170 valence electrons. The lowest BCUT2D eigenvalue weighted by Crippen LogP contribution is -2.50.